The van der Waals surface area contributed by atoms with Gasteiger partial charge < -0.3 is 0 Å². The Bertz CT molecular complexity index is 268. The molecule has 0 radical (unpaired) electrons. The Balaban J connectivity index is 1.98. The van der Waals surface area contributed by atoms with Crippen LogP contribution in [0.2, 0.25) is 0 Å². The molecule has 1 heterocycles. The quantitative estimate of drug-likeness (QED) is 0.679. The molecule has 0 aromatic heterocycles. The van der Waals surface area contributed by atoms with Crippen molar-refractivity contribution in [3.8, 4) is 6.07 Å². The number of nitrogens with zero attached hydrogens (tertiary/aromatic N) is 2. The Morgan fingerprint density at radius 1 is 1.06 bits per heavy atom. The van der Waals surface area contributed by atoms with Gasteiger partial charge in [0.25, 0.3) is 0 Å². The zero-order chi connectivity index (χ0) is 11.5. The largest absolute Gasteiger partial charge is 0.299 e. The monoisotopic (exact) mass is 220 g/mol. The van der Waals surface area contributed by atoms with Crippen LogP contribution in [-0.4, -0.2) is 24.0 Å². The summed E-state index contributed by atoms with van der Waals surface area (Å²) >= 11 is 0. The summed E-state index contributed by atoms with van der Waals surface area (Å²) in [6.07, 6.45) is 6.27. The van der Waals surface area contributed by atoms with Crippen molar-refractivity contribution < 1.29 is 0 Å². The maximum Gasteiger partial charge on any atom is 0.0672 e. The van der Waals surface area contributed by atoms with Gasteiger partial charge in [-0.1, -0.05) is 26.7 Å². The molecule has 4 atom stereocenters. The third-order valence-electron chi connectivity index (χ3n) is 4.73. The van der Waals surface area contributed by atoms with E-state index in [1.165, 1.54) is 38.8 Å². The van der Waals surface area contributed by atoms with E-state index in [2.05, 4.69) is 24.8 Å². The van der Waals surface area contributed by atoms with E-state index < -0.39 is 0 Å². The van der Waals surface area contributed by atoms with E-state index in [1.807, 2.05) is 0 Å². The molecule has 0 bridgehead atoms. The molecule has 2 rings (SSSR count). The van der Waals surface area contributed by atoms with Gasteiger partial charge in [-0.3, -0.25) is 4.90 Å². The summed E-state index contributed by atoms with van der Waals surface area (Å²) in [4.78, 5) is 2.61. The number of rotatable bonds is 1. The van der Waals surface area contributed by atoms with Crippen molar-refractivity contribution in [1.82, 2.24) is 4.90 Å². The molecule has 2 fully saturated rings. The molecule has 0 spiro atoms. The van der Waals surface area contributed by atoms with Gasteiger partial charge in [-0.2, -0.15) is 5.26 Å². The lowest BCUT2D eigenvalue weighted by atomic mass is 9.81. The van der Waals surface area contributed by atoms with Crippen molar-refractivity contribution in [2.75, 3.05) is 13.1 Å². The summed E-state index contributed by atoms with van der Waals surface area (Å²) in [6.45, 7) is 7.16. The predicted octanol–water partition coefficient (Wildman–Crippen LogP) is 3.05. The van der Waals surface area contributed by atoms with E-state index in [1.54, 1.807) is 0 Å². The van der Waals surface area contributed by atoms with Crippen LogP contribution in [-0.2, 0) is 0 Å². The third kappa shape index (κ3) is 2.40. The highest BCUT2D eigenvalue weighted by Gasteiger charge is 2.33. The van der Waals surface area contributed by atoms with Gasteiger partial charge in [0, 0.05) is 12.6 Å². The van der Waals surface area contributed by atoms with Gasteiger partial charge in [0.2, 0.25) is 0 Å². The highest BCUT2D eigenvalue weighted by Crippen LogP contribution is 2.32. The molecule has 1 aliphatic heterocycles. The molecule has 0 aromatic rings. The van der Waals surface area contributed by atoms with Crippen LogP contribution in [0.5, 0.6) is 0 Å². The second-order valence-corrected chi connectivity index (χ2v) is 5.83. The molecule has 2 heteroatoms. The fourth-order valence-corrected chi connectivity index (χ4v) is 3.30. The summed E-state index contributed by atoms with van der Waals surface area (Å²) in [5, 5.41) is 9.23. The number of nitriles is 1. The van der Waals surface area contributed by atoms with Crippen molar-refractivity contribution in [3.63, 3.8) is 0 Å². The summed E-state index contributed by atoms with van der Waals surface area (Å²) in [7, 11) is 0. The van der Waals surface area contributed by atoms with Gasteiger partial charge in [-0.15, -0.1) is 0 Å². The van der Waals surface area contributed by atoms with Crippen LogP contribution >= 0.6 is 0 Å². The van der Waals surface area contributed by atoms with Gasteiger partial charge in [0.05, 0.1) is 12.0 Å². The fourth-order valence-electron chi connectivity index (χ4n) is 3.30. The van der Waals surface area contributed by atoms with Crippen LogP contribution in [0.25, 0.3) is 0 Å². The number of hydrogen-bond donors (Lipinski definition) is 0. The van der Waals surface area contributed by atoms with Gasteiger partial charge in [0.1, 0.15) is 0 Å². The Kier molecular flexibility index (Phi) is 3.86. The summed E-state index contributed by atoms with van der Waals surface area (Å²) in [5.41, 5.74) is 0. The molecule has 0 N–H and O–H groups in total. The topological polar surface area (TPSA) is 27.0 Å². The highest BCUT2D eigenvalue weighted by atomic mass is 15.2. The zero-order valence-corrected chi connectivity index (χ0v) is 10.7. The number of likely N-dealkylation sites (tertiary alicyclic amines) is 1. The lowest BCUT2D eigenvalue weighted by Crippen LogP contribution is -2.48. The minimum absolute atomic E-state index is 0.300. The molecule has 1 saturated heterocycles. The summed E-state index contributed by atoms with van der Waals surface area (Å²) < 4.78 is 0. The standard InChI is InChI=1S/C14H24N2/c1-11-7-8-16(10-12(11)2)14-6-4-3-5-13(14)9-15/h11-14H,3-8,10H2,1-2H3. The van der Waals surface area contributed by atoms with Gasteiger partial charge >= 0.3 is 0 Å². The minimum Gasteiger partial charge on any atom is -0.299 e. The molecule has 1 aliphatic carbocycles. The van der Waals surface area contributed by atoms with Crippen LogP contribution in [0.4, 0.5) is 0 Å². The van der Waals surface area contributed by atoms with Crippen molar-refractivity contribution in [3.05, 3.63) is 0 Å². The molecule has 90 valence electrons. The molecular formula is C14H24N2. The zero-order valence-electron chi connectivity index (χ0n) is 10.7. The van der Waals surface area contributed by atoms with E-state index >= 15 is 0 Å². The number of hydrogen-bond acceptors (Lipinski definition) is 2. The SMILES string of the molecule is CC1CCN(C2CCCCC2C#N)CC1C. The molecule has 0 aromatic carbocycles. The Morgan fingerprint density at radius 2 is 1.81 bits per heavy atom. The number of piperidine rings is 1. The van der Waals surface area contributed by atoms with E-state index in [0.717, 1.165) is 18.3 Å². The lowest BCUT2D eigenvalue weighted by molar-refractivity contribution is 0.0596. The minimum atomic E-state index is 0.300. The first-order valence-corrected chi connectivity index (χ1v) is 6.86. The smallest absolute Gasteiger partial charge is 0.0672 e. The Hall–Kier alpha value is -0.550. The van der Waals surface area contributed by atoms with E-state index in [-0.39, 0.29) is 0 Å². The van der Waals surface area contributed by atoms with Crippen LogP contribution in [0.15, 0.2) is 0 Å². The van der Waals surface area contributed by atoms with Crippen LogP contribution in [0.1, 0.15) is 46.0 Å². The normalized spacial score (nSPS) is 41.6. The van der Waals surface area contributed by atoms with Crippen molar-refractivity contribution >= 4 is 0 Å². The molecular weight excluding hydrogens is 196 g/mol. The van der Waals surface area contributed by atoms with Gasteiger partial charge in [0.15, 0.2) is 0 Å². The predicted molar refractivity (Wildman–Crippen MR) is 65.9 cm³/mol. The van der Waals surface area contributed by atoms with Gasteiger partial charge in [-0.05, 0) is 37.6 Å². The molecule has 4 unspecified atom stereocenters. The maximum atomic E-state index is 9.23. The molecule has 2 aliphatic rings. The van der Waals surface area contributed by atoms with Gasteiger partial charge in [-0.25, -0.2) is 0 Å². The average molecular weight is 220 g/mol. The first-order valence-electron chi connectivity index (χ1n) is 6.86. The third-order valence-corrected chi connectivity index (χ3v) is 4.73. The second kappa shape index (κ2) is 5.19. The van der Waals surface area contributed by atoms with Crippen LogP contribution < -0.4 is 0 Å². The second-order valence-electron chi connectivity index (χ2n) is 5.83. The Labute approximate surface area is 99.6 Å². The first kappa shape index (κ1) is 11.9. The first-order chi connectivity index (χ1) is 7.72. The van der Waals surface area contributed by atoms with Crippen molar-refractivity contribution in [2.24, 2.45) is 17.8 Å². The fraction of sp³-hybridized carbons (Fsp3) is 0.929. The average Bonchev–Trinajstić information content (AvgIpc) is 2.32. The maximum absolute atomic E-state index is 9.23. The molecule has 0 amide bonds. The molecule has 16 heavy (non-hydrogen) atoms. The van der Waals surface area contributed by atoms with Crippen LogP contribution in [0.3, 0.4) is 0 Å². The Morgan fingerprint density at radius 3 is 2.50 bits per heavy atom. The lowest BCUT2D eigenvalue weighted by Gasteiger charge is -2.43. The highest BCUT2D eigenvalue weighted by molar-refractivity contribution is 4.97. The van der Waals surface area contributed by atoms with E-state index in [4.69, 9.17) is 0 Å². The van der Waals surface area contributed by atoms with Crippen LogP contribution in [0, 0.1) is 29.1 Å². The van der Waals surface area contributed by atoms with Crippen molar-refractivity contribution in [1.29, 1.82) is 5.26 Å². The van der Waals surface area contributed by atoms with Crippen molar-refractivity contribution in [2.45, 2.75) is 52.0 Å². The summed E-state index contributed by atoms with van der Waals surface area (Å²) in [6, 6.07) is 3.10. The van der Waals surface area contributed by atoms with E-state index in [0.29, 0.717) is 12.0 Å². The molecule has 2 nitrogen and oxygen atoms in total. The molecule has 1 saturated carbocycles. The summed E-state index contributed by atoms with van der Waals surface area (Å²) in [5.74, 6) is 1.96. The van der Waals surface area contributed by atoms with E-state index in [9.17, 15) is 5.26 Å².